The first kappa shape index (κ1) is 11.5. The van der Waals surface area contributed by atoms with E-state index in [0.29, 0.717) is 0 Å². The van der Waals surface area contributed by atoms with Crippen molar-refractivity contribution in [1.82, 2.24) is 0 Å². The third-order valence-electron chi connectivity index (χ3n) is 4.00. The third kappa shape index (κ3) is 1.67. The minimum atomic E-state index is -0.797. The van der Waals surface area contributed by atoms with Crippen LogP contribution in [0.3, 0.4) is 0 Å². The van der Waals surface area contributed by atoms with Crippen molar-refractivity contribution in [2.75, 3.05) is 0 Å². The highest BCUT2D eigenvalue weighted by Crippen LogP contribution is 2.42. The summed E-state index contributed by atoms with van der Waals surface area (Å²) < 4.78 is 0. The van der Waals surface area contributed by atoms with E-state index in [2.05, 4.69) is 44.2 Å². The summed E-state index contributed by atoms with van der Waals surface area (Å²) in [5, 5.41) is 11.0. The summed E-state index contributed by atoms with van der Waals surface area (Å²) in [4.78, 5) is 0. The standard InChI is InChI=1S/C17H18O/c1-12-4-7-15(8-5-12)17(18)10-9-14-6-3-13(2)11-16(14)17/h3-8,11,18H,9-10H2,1-2H3. The number of hydrogen-bond acceptors (Lipinski definition) is 1. The van der Waals surface area contributed by atoms with Crippen molar-refractivity contribution in [2.45, 2.75) is 32.3 Å². The first-order valence-corrected chi connectivity index (χ1v) is 6.49. The third-order valence-corrected chi connectivity index (χ3v) is 4.00. The Morgan fingerprint density at radius 1 is 0.944 bits per heavy atom. The van der Waals surface area contributed by atoms with E-state index in [4.69, 9.17) is 0 Å². The van der Waals surface area contributed by atoms with Crippen LogP contribution in [-0.2, 0) is 12.0 Å². The van der Waals surface area contributed by atoms with Gasteiger partial charge in [0.2, 0.25) is 0 Å². The molecule has 1 nitrogen and oxygen atoms in total. The zero-order valence-electron chi connectivity index (χ0n) is 10.9. The van der Waals surface area contributed by atoms with Crippen LogP contribution in [0.25, 0.3) is 0 Å². The second-order valence-electron chi connectivity index (χ2n) is 5.39. The Morgan fingerprint density at radius 3 is 2.33 bits per heavy atom. The number of benzene rings is 2. The molecule has 18 heavy (non-hydrogen) atoms. The summed E-state index contributed by atoms with van der Waals surface area (Å²) in [5.41, 5.74) is 5.02. The molecule has 0 amide bonds. The largest absolute Gasteiger partial charge is 0.380 e. The minimum absolute atomic E-state index is 0.787. The predicted octanol–water partition coefficient (Wildman–Crippen LogP) is 3.49. The van der Waals surface area contributed by atoms with Gasteiger partial charge in [-0.2, -0.15) is 0 Å². The zero-order chi connectivity index (χ0) is 12.8. The molecule has 0 aromatic heterocycles. The maximum atomic E-state index is 11.0. The van der Waals surface area contributed by atoms with Crippen molar-refractivity contribution in [3.8, 4) is 0 Å². The summed E-state index contributed by atoms with van der Waals surface area (Å²) in [6.07, 6.45) is 1.74. The van der Waals surface area contributed by atoms with Gasteiger partial charge in [-0.1, -0.05) is 53.6 Å². The maximum Gasteiger partial charge on any atom is 0.115 e. The van der Waals surface area contributed by atoms with Crippen molar-refractivity contribution in [2.24, 2.45) is 0 Å². The first-order valence-electron chi connectivity index (χ1n) is 6.49. The SMILES string of the molecule is Cc1ccc(C2(O)CCc3ccc(C)cc32)cc1. The van der Waals surface area contributed by atoms with E-state index >= 15 is 0 Å². The molecule has 1 aliphatic rings. The van der Waals surface area contributed by atoms with Crippen LogP contribution < -0.4 is 0 Å². The Bertz CT molecular complexity index is 583. The summed E-state index contributed by atoms with van der Waals surface area (Å²) >= 11 is 0. The molecule has 2 aromatic carbocycles. The second-order valence-corrected chi connectivity index (χ2v) is 5.39. The average Bonchev–Trinajstić information content (AvgIpc) is 2.69. The number of rotatable bonds is 1. The number of fused-ring (bicyclic) bond motifs is 1. The van der Waals surface area contributed by atoms with E-state index < -0.39 is 5.60 Å². The Kier molecular flexibility index (Phi) is 2.53. The van der Waals surface area contributed by atoms with Crippen LogP contribution in [0.1, 0.15) is 34.2 Å². The fraction of sp³-hybridized carbons (Fsp3) is 0.294. The lowest BCUT2D eigenvalue weighted by Crippen LogP contribution is -2.23. The quantitative estimate of drug-likeness (QED) is 0.806. The van der Waals surface area contributed by atoms with Gasteiger partial charge >= 0.3 is 0 Å². The molecule has 2 aromatic rings. The summed E-state index contributed by atoms with van der Waals surface area (Å²) in [7, 11) is 0. The van der Waals surface area contributed by atoms with Crippen LogP contribution in [0.5, 0.6) is 0 Å². The first-order chi connectivity index (χ1) is 8.59. The van der Waals surface area contributed by atoms with Gasteiger partial charge in [0.15, 0.2) is 0 Å². The zero-order valence-corrected chi connectivity index (χ0v) is 10.9. The lowest BCUT2D eigenvalue weighted by molar-refractivity contribution is 0.0829. The van der Waals surface area contributed by atoms with Gasteiger partial charge in [0, 0.05) is 0 Å². The summed E-state index contributed by atoms with van der Waals surface area (Å²) in [6.45, 7) is 4.15. The highest BCUT2D eigenvalue weighted by molar-refractivity contribution is 5.47. The van der Waals surface area contributed by atoms with Crippen LogP contribution in [0.4, 0.5) is 0 Å². The van der Waals surface area contributed by atoms with Crippen molar-refractivity contribution in [1.29, 1.82) is 0 Å². The fourth-order valence-electron chi connectivity index (χ4n) is 2.87. The fourth-order valence-corrected chi connectivity index (χ4v) is 2.87. The van der Waals surface area contributed by atoms with Gasteiger partial charge in [-0.25, -0.2) is 0 Å². The number of aryl methyl sites for hydroxylation is 3. The van der Waals surface area contributed by atoms with Gasteiger partial charge in [-0.3, -0.25) is 0 Å². The van der Waals surface area contributed by atoms with Crippen molar-refractivity contribution < 1.29 is 5.11 Å². The lowest BCUT2D eigenvalue weighted by atomic mass is 9.87. The molecule has 3 rings (SSSR count). The number of hydrogen-bond donors (Lipinski definition) is 1. The molecule has 0 spiro atoms. The van der Waals surface area contributed by atoms with Gasteiger partial charge < -0.3 is 5.11 Å². The Morgan fingerprint density at radius 2 is 1.61 bits per heavy atom. The van der Waals surface area contributed by atoms with Gasteiger partial charge in [-0.05, 0) is 43.4 Å². The van der Waals surface area contributed by atoms with Crippen LogP contribution >= 0.6 is 0 Å². The number of aliphatic hydroxyl groups is 1. The molecule has 1 heteroatoms. The van der Waals surface area contributed by atoms with E-state index in [1.807, 2.05) is 12.1 Å². The van der Waals surface area contributed by atoms with Crippen LogP contribution in [-0.4, -0.2) is 5.11 Å². The van der Waals surface area contributed by atoms with Gasteiger partial charge in [0.1, 0.15) is 5.60 Å². The predicted molar refractivity (Wildman–Crippen MR) is 73.7 cm³/mol. The molecular weight excluding hydrogens is 220 g/mol. The molecule has 1 unspecified atom stereocenters. The monoisotopic (exact) mass is 238 g/mol. The summed E-state index contributed by atoms with van der Waals surface area (Å²) in [5.74, 6) is 0. The van der Waals surface area contributed by atoms with E-state index in [9.17, 15) is 5.11 Å². The molecule has 1 atom stereocenters. The Hall–Kier alpha value is -1.60. The topological polar surface area (TPSA) is 20.2 Å². The van der Waals surface area contributed by atoms with Crippen molar-refractivity contribution in [3.63, 3.8) is 0 Å². The van der Waals surface area contributed by atoms with Gasteiger partial charge in [0.05, 0.1) is 0 Å². The van der Waals surface area contributed by atoms with E-state index in [1.165, 1.54) is 16.7 Å². The molecule has 0 heterocycles. The molecule has 0 bridgehead atoms. The molecule has 0 saturated heterocycles. The maximum absolute atomic E-state index is 11.0. The molecule has 1 N–H and O–H groups in total. The molecule has 0 saturated carbocycles. The second kappa shape index (κ2) is 3.96. The van der Waals surface area contributed by atoms with Crippen molar-refractivity contribution >= 4 is 0 Å². The highest BCUT2D eigenvalue weighted by Gasteiger charge is 2.38. The molecule has 92 valence electrons. The van der Waals surface area contributed by atoms with E-state index in [1.54, 1.807) is 0 Å². The van der Waals surface area contributed by atoms with E-state index in [0.717, 1.165) is 24.0 Å². The van der Waals surface area contributed by atoms with Gasteiger partial charge in [-0.15, -0.1) is 0 Å². The van der Waals surface area contributed by atoms with E-state index in [-0.39, 0.29) is 0 Å². The molecule has 0 aliphatic heterocycles. The van der Waals surface area contributed by atoms with Crippen LogP contribution in [0.2, 0.25) is 0 Å². The minimum Gasteiger partial charge on any atom is -0.380 e. The summed E-state index contributed by atoms with van der Waals surface area (Å²) in [6, 6.07) is 14.6. The molecule has 0 radical (unpaired) electrons. The van der Waals surface area contributed by atoms with Crippen LogP contribution in [0, 0.1) is 13.8 Å². The van der Waals surface area contributed by atoms with Gasteiger partial charge in [0.25, 0.3) is 0 Å². The molecule has 0 fully saturated rings. The van der Waals surface area contributed by atoms with Crippen LogP contribution in [0.15, 0.2) is 42.5 Å². The Balaban J connectivity index is 2.13. The Labute approximate surface area is 108 Å². The molecular formula is C17H18O. The smallest absolute Gasteiger partial charge is 0.115 e. The molecule has 1 aliphatic carbocycles. The normalized spacial score (nSPS) is 21.9. The average molecular weight is 238 g/mol. The lowest BCUT2D eigenvalue weighted by Gasteiger charge is -2.25. The van der Waals surface area contributed by atoms with Crippen molar-refractivity contribution in [3.05, 3.63) is 70.3 Å². The highest BCUT2D eigenvalue weighted by atomic mass is 16.3.